The molecule has 0 N–H and O–H groups in total. The van der Waals surface area contributed by atoms with Crippen molar-refractivity contribution in [3.63, 3.8) is 0 Å². The molecule has 0 unspecified atom stereocenters. The Hall–Kier alpha value is -3.19. The molecule has 7 heteroatoms. The Morgan fingerprint density at radius 1 is 1.06 bits per heavy atom. The van der Waals surface area contributed by atoms with Crippen molar-refractivity contribution < 1.29 is 9.13 Å². The molecule has 31 heavy (non-hydrogen) atoms. The molecule has 0 radical (unpaired) electrons. The van der Waals surface area contributed by atoms with Crippen LogP contribution in [0.15, 0.2) is 72.1 Å². The molecule has 2 aromatic heterocycles. The van der Waals surface area contributed by atoms with Gasteiger partial charge in [-0.25, -0.2) is 4.39 Å². The Morgan fingerprint density at radius 3 is 2.61 bits per heavy atom. The van der Waals surface area contributed by atoms with Crippen LogP contribution in [0, 0.1) is 5.82 Å². The first-order valence-corrected chi connectivity index (χ1v) is 11.0. The van der Waals surface area contributed by atoms with Crippen LogP contribution in [0.3, 0.4) is 0 Å². The lowest BCUT2D eigenvalue weighted by Crippen LogP contribution is -2.05. The van der Waals surface area contributed by atoms with E-state index in [9.17, 15) is 4.39 Å². The van der Waals surface area contributed by atoms with Gasteiger partial charge in [-0.15, -0.1) is 10.2 Å². The SMILES string of the molecule is COc1ccc(CSc2nnc(-c3cccnc3)n2-c2ccccc2C(C)C)cc1F. The van der Waals surface area contributed by atoms with Crippen molar-refractivity contribution in [2.75, 3.05) is 7.11 Å². The van der Waals surface area contributed by atoms with Gasteiger partial charge in [-0.2, -0.15) is 0 Å². The van der Waals surface area contributed by atoms with Gasteiger partial charge in [0, 0.05) is 23.7 Å². The van der Waals surface area contributed by atoms with E-state index in [-0.39, 0.29) is 11.6 Å². The number of methoxy groups -OCH3 is 1. The first-order chi connectivity index (χ1) is 15.1. The molecule has 0 saturated carbocycles. The van der Waals surface area contributed by atoms with E-state index in [2.05, 4.69) is 45.7 Å². The fourth-order valence-electron chi connectivity index (χ4n) is 3.39. The molecule has 0 spiro atoms. The number of rotatable bonds is 7. The van der Waals surface area contributed by atoms with Crippen molar-refractivity contribution in [2.24, 2.45) is 0 Å². The zero-order chi connectivity index (χ0) is 21.8. The predicted molar refractivity (Wildman–Crippen MR) is 121 cm³/mol. The summed E-state index contributed by atoms with van der Waals surface area (Å²) in [5.74, 6) is 1.47. The minimum atomic E-state index is -0.372. The van der Waals surface area contributed by atoms with Crippen LogP contribution in [-0.4, -0.2) is 26.9 Å². The van der Waals surface area contributed by atoms with E-state index in [0.717, 1.165) is 27.8 Å². The minimum absolute atomic E-state index is 0.238. The molecule has 0 atom stereocenters. The lowest BCUT2D eigenvalue weighted by atomic mass is 10.0. The fraction of sp³-hybridized carbons (Fsp3) is 0.208. The second kappa shape index (κ2) is 9.31. The van der Waals surface area contributed by atoms with Crippen LogP contribution in [0.5, 0.6) is 5.75 Å². The van der Waals surface area contributed by atoms with Crippen molar-refractivity contribution in [2.45, 2.75) is 30.7 Å². The third kappa shape index (κ3) is 4.46. The number of hydrogen-bond donors (Lipinski definition) is 0. The summed E-state index contributed by atoms with van der Waals surface area (Å²) in [4.78, 5) is 4.24. The van der Waals surface area contributed by atoms with Crippen LogP contribution in [0.4, 0.5) is 4.39 Å². The quantitative estimate of drug-likeness (QED) is 0.339. The molecule has 5 nitrogen and oxygen atoms in total. The number of thioether (sulfide) groups is 1. The van der Waals surface area contributed by atoms with Gasteiger partial charge in [0.1, 0.15) is 0 Å². The summed E-state index contributed by atoms with van der Waals surface area (Å²) in [5.41, 5.74) is 3.96. The van der Waals surface area contributed by atoms with E-state index in [1.54, 1.807) is 18.5 Å². The molecule has 0 aliphatic heterocycles. The summed E-state index contributed by atoms with van der Waals surface area (Å²) in [6.45, 7) is 4.33. The molecule has 0 bridgehead atoms. The number of hydrogen-bond acceptors (Lipinski definition) is 5. The molecule has 0 fully saturated rings. The highest BCUT2D eigenvalue weighted by atomic mass is 32.2. The highest BCUT2D eigenvalue weighted by molar-refractivity contribution is 7.98. The van der Waals surface area contributed by atoms with Gasteiger partial charge < -0.3 is 4.74 Å². The predicted octanol–water partition coefficient (Wildman–Crippen LogP) is 5.89. The zero-order valence-corrected chi connectivity index (χ0v) is 18.4. The van der Waals surface area contributed by atoms with Crippen molar-refractivity contribution in [1.29, 1.82) is 0 Å². The molecular weight excluding hydrogens is 411 g/mol. The number of benzene rings is 2. The van der Waals surface area contributed by atoms with Crippen molar-refractivity contribution in [3.05, 3.63) is 83.9 Å². The van der Waals surface area contributed by atoms with Gasteiger partial charge in [0.15, 0.2) is 22.5 Å². The number of aromatic nitrogens is 4. The molecule has 0 aliphatic carbocycles. The third-order valence-electron chi connectivity index (χ3n) is 4.94. The molecule has 158 valence electrons. The maximum atomic E-state index is 14.1. The molecule has 2 aromatic carbocycles. The fourth-order valence-corrected chi connectivity index (χ4v) is 4.28. The topological polar surface area (TPSA) is 52.8 Å². The summed E-state index contributed by atoms with van der Waals surface area (Å²) in [6.07, 6.45) is 3.52. The van der Waals surface area contributed by atoms with E-state index in [1.807, 2.05) is 30.3 Å². The number of halogens is 1. The zero-order valence-electron chi connectivity index (χ0n) is 17.6. The standard InChI is InChI=1S/C24H23FN4OS/c1-16(2)19-8-4-5-9-21(19)29-23(18-7-6-12-26-14-18)27-28-24(29)31-15-17-10-11-22(30-3)20(25)13-17/h4-14,16H,15H2,1-3H3. The van der Waals surface area contributed by atoms with Gasteiger partial charge in [-0.1, -0.05) is 49.9 Å². The average Bonchev–Trinajstić information content (AvgIpc) is 3.22. The summed E-state index contributed by atoms with van der Waals surface area (Å²) in [6, 6.07) is 17.1. The highest BCUT2D eigenvalue weighted by Crippen LogP contribution is 2.33. The first kappa shape index (κ1) is 21.1. The second-order valence-corrected chi connectivity index (χ2v) is 8.30. The largest absolute Gasteiger partial charge is 0.494 e. The normalized spacial score (nSPS) is 11.1. The molecule has 0 amide bonds. The maximum Gasteiger partial charge on any atom is 0.196 e. The van der Waals surface area contributed by atoms with E-state index >= 15 is 0 Å². The Kier molecular flexibility index (Phi) is 6.32. The van der Waals surface area contributed by atoms with Gasteiger partial charge in [0.05, 0.1) is 12.8 Å². The van der Waals surface area contributed by atoms with Crippen LogP contribution in [0.1, 0.15) is 30.9 Å². The summed E-state index contributed by atoms with van der Waals surface area (Å²) in [7, 11) is 1.46. The van der Waals surface area contributed by atoms with E-state index in [1.165, 1.54) is 30.5 Å². The Morgan fingerprint density at radius 2 is 1.90 bits per heavy atom. The molecule has 4 rings (SSSR count). The van der Waals surface area contributed by atoms with E-state index < -0.39 is 0 Å². The Balaban J connectivity index is 1.75. The molecular formula is C24H23FN4OS. The third-order valence-corrected chi connectivity index (χ3v) is 5.94. The molecule has 0 aliphatic rings. The van der Waals surface area contributed by atoms with Gasteiger partial charge in [0.2, 0.25) is 0 Å². The highest BCUT2D eigenvalue weighted by Gasteiger charge is 2.19. The lowest BCUT2D eigenvalue weighted by molar-refractivity contribution is 0.386. The van der Waals surface area contributed by atoms with Crippen molar-refractivity contribution in [3.8, 4) is 22.8 Å². The maximum absolute atomic E-state index is 14.1. The van der Waals surface area contributed by atoms with E-state index in [4.69, 9.17) is 4.74 Å². The number of nitrogens with zero attached hydrogens (tertiary/aromatic N) is 4. The average molecular weight is 435 g/mol. The molecule has 0 saturated heterocycles. The van der Waals surface area contributed by atoms with Gasteiger partial charge in [0.25, 0.3) is 0 Å². The van der Waals surface area contributed by atoms with Crippen LogP contribution in [-0.2, 0) is 5.75 Å². The number of ether oxygens (including phenoxy) is 1. The summed E-state index contributed by atoms with van der Waals surface area (Å²) in [5, 5.41) is 9.69. The second-order valence-electron chi connectivity index (χ2n) is 7.35. The first-order valence-electron chi connectivity index (χ1n) is 9.98. The monoisotopic (exact) mass is 434 g/mol. The van der Waals surface area contributed by atoms with Crippen LogP contribution in [0.2, 0.25) is 0 Å². The molecule has 4 aromatic rings. The van der Waals surface area contributed by atoms with Crippen LogP contribution in [0.25, 0.3) is 17.1 Å². The van der Waals surface area contributed by atoms with E-state index in [0.29, 0.717) is 11.7 Å². The van der Waals surface area contributed by atoms with Crippen LogP contribution < -0.4 is 4.74 Å². The molecule has 2 heterocycles. The minimum Gasteiger partial charge on any atom is -0.494 e. The Labute approximate surface area is 185 Å². The summed E-state index contributed by atoms with van der Waals surface area (Å²) < 4.78 is 21.2. The lowest BCUT2D eigenvalue weighted by Gasteiger charge is -2.17. The van der Waals surface area contributed by atoms with Gasteiger partial charge in [-0.3, -0.25) is 9.55 Å². The number of pyridine rings is 1. The number of para-hydroxylation sites is 1. The smallest absolute Gasteiger partial charge is 0.196 e. The van der Waals surface area contributed by atoms with Gasteiger partial charge in [-0.05, 0) is 47.4 Å². The summed E-state index contributed by atoms with van der Waals surface area (Å²) >= 11 is 1.51. The Bertz CT molecular complexity index is 1180. The van der Waals surface area contributed by atoms with Crippen LogP contribution >= 0.6 is 11.8 Å². The van der Waals surface area contributed by atoms with Gasteiger partial charge >= 0.3 is 0 Å². The van der Waals surface area contributed by atoms with Crippen molar-refractivity contribution >= 4 is 11.8 Å². The van der Waals surface area contributed by atoms with Crippen molar-refractivity contribution in [1.82, 2.24) is 19.7 Å².